The van der Waals surface area contributed by atoms with Gasteiger partial charge in [0.2, 0.25) is 14.2 Å². The molecule has 1 aliphatic rings. The highest BCUT2D eigenvalue weighted by Crippen LogP contribution is 2.41. The Kier molecular flexibility index (Phi) is 3.25. The molecule has 0 unspecified atom stereocenters. The fourth-order valence-corrected chi connectivity index (χ4v) is 3.02. The molecule has 0 fully saturated rings. The van der Waals surface area contributed by atoms with E-state index >= 15 is 0 Å². The predicted molar refractivity (Wildman–Crippen MR) is 81.4 cm³/mol. The normalized spacial score (nSPS) is 15.7. The molecule has 1 amide bonds. The van der Waals surface area contributed by atoms with Crippen LogP contribution >= 0.6 is 0 Å². The lowest BCUT2D eigenvalue weighted by Gasteiger charge is -2.37. The van der Waals surface area contributed by atoms with Crippen LogP contribution in [0, 0.1) is 0 Å². The molecule has 0 saturated carbocycles. The minimum absolute atomic E-state index is 0.140. The molecule has 104 valence electrons. The number of hydrogen-bond donors (Lipinski definition) is 0. The molecule has 1 aliphatic heterocycles. The van der Waals surface area contributed by atoms with Gasteiger partial charge in [0.1, 0.15) is 5.75 Å². The Balaban J connectivity index is 2.37. The lowest BCUT2D eigenvalue weighted by Crippen LogP contribution is -2.44. The van der Waals surface area contributed by atoms with Crippen LogP contribution in [0.4, 0.5) is 5.69 Å². The summed E-state index contributed by atoms with van der Waals surface area (Å²) in [6.07, 6.45) is 0.455. The molecule has 0 aliphatic carbocycles. The Morgan fingerprint density at radius 2 is 1.89 bits per heavy atom. The summed E-state index contributed by atoms with van der Waals surface area (Å²) in [5.41, 5.74) is 2.03. The molecule has 1 heterocycles. The first-order valence-electron chi connectivity index (χ1n) is 6.71. The third kappa shape index (κ3) is 2.41. The number of fused-ring (bicyclic) bond motifs is 1. The van der Waals surface area contributed by atoms with Gasteiger partial charge in [-0.05, 0) is 30.3 Å². The highest BCUT2D eigenvalue weighted by molar-refractivity contribution is 6.74. The standard InChI is InChI=1S/C15H23NO2Si/c1-15(2,3)19(5,6)18-13-9-7-8-12-11(13)10-14(17)16(12)4/h7-9H,10H2,1-6H3. The molecule has 0 N–H and O–H groups in total. The van der Waals surface area contributed by atoms with Gasteiger partial charge in [-0.15, -0.1) is 0 Å². The average Bonchev–Trinajstić information content (AvgIpc) is 2.55. The Bertz CT molecular complexity index is 517. The van der Waals surface area contributed by atoms with Crippen molar-refractivity contribution in [2.75, 3.05) is 11.9 Å². The van der Waals surface area contributed by atoms with Gasteiger partial charge in [-0.25, -0.2) is 0 Å². The molecule has 3 nitrogen and oxygen atoms in total. The highest BCUT2D eigenvalue weighted by atomic mass is 28.4. The Hall–Kier alpha value is -1.29. The SMILES string of the molecule is CN1C(=O)Cc2c(O[Si](C)(C)C(C)(C)C)cccc21. The van der Waals surface area contributed by atoms with E-state index in [0.29, 0.717) is 6.42 Å². The molecule has 0 radical (unpaired) electrons. The van der Waals surface area contributed by atoms with Gasteiger partial charge in [-0.1, -0.05) is 26.8 Å². The number of rotatable bonds is 2. The molecule has 4 heteroatoms. The molecule has 1 aromatic rings. The lowest BCUT2D eigenvalue weighted by molar-refractivity contribution is -0.117. The zero-order valence-electron chi connectivity index (χ0n) is 12.7. The monoisotopic (exact) mass is 277 g/mol. The van der Waals surface area contributed by atoms with Crippen molar-refractivity contribution in [3.8, 4) is 5.75 Å². The van der Waals surface area contributed by atoms with Gasteiger partial charge < -0.3 is 9.33 Å². The smallest absolute Gasteiger partial charge is 0.250 e. The second-order valence-electron chi connectivity index (χ2n) is 6.75. The Morgan fingerprint density at radius 3 is 2.47 bits per heavy atom. The number of benzene rings is 1. The van der Waals surface area contributed by atoms with E-state index in [1.165, 1.54) is 0 Å². The number of likely N-dealkylation sites (N-methyl/N-ethyl adjacent to an activating group) is 1. The van der Waals surface area contributed by atoms with Gasteiger partial charge in [-0.2, -0.15) is 0 Å². The minimum Gasteiger partial charge on any atom is -0.543 e. The van der Waals surface area contributed by atoms with Crippen molar-refractivity contribution >= 4 is 19.9 Å². The van der Waals surface area contributed by atoms with Gasteiger partial charge in [0.15, 0.2) is 0 Å². The molecule has 0 bridgehead atoms. The molecule has 19 heavy (non-hydrogen) atoms. The zero-order chi connectivity index (χ0) is 14.4. The van der Waals surface area contributed by atoms with Gasteiger partial charge in [-0.3, -0.25) is 4.79 Å². The summed E-state index contributed by atoms with van der Waals surface area (Å²) in [6, 6.07) is 5.95. The van der Waals surface area contributed by atoms with Crippen LogP contribution in [-0.4, -0.2) is 21.3 Å². The summed E-state index contributed by atoms with van der Waals surface area (Å²) in [7, 11) is -0.0387. The summed E-state index contributed by atoms with van der Waals surface area (Å²) in [6.45, 7) is 11.1. The zero-order valence-corrected chi connectivity index (χ0v) is 13.7. The van der Waals surface area contributed by atoms with Crippen LogP contribution in [0.5, 0.6) is 5.75 Å². The fourth-order valence-electron chi connectivity index (χ4n) is 1.97. The van der Waals surface area contributed by atoms with E-state index < -0.39 is 8.32 Å². The van der Waals surface area contributed by atoms with Crippen LogP contribution in [-0.2, 0) is 11.2 Å². The second kappa shape index (κ2) is 4.37. The third-order valence-corrected chi connectivity index (χ3v) is 8.69. The topological polar surface area (TPSA) is 29.5 Å². The first kappa shape index (κ1) is 14.1. The molecular formula is C15H23NO2Si. The maximum atomic E-state index is 11.8. The van der Waals surface area contributed by atoms with Crippen molar-refractivity contribution in [3.05, 3.63) is 23.8 Å². The number of carbonyl (C=O) groups is 1. The maximum Gasteiger partial charge on any atom is 0.250 e. The van der Waals surface area contributed by atoms with E-state index in [4.69, 9.17) is 4.43 Å². The molecule has 0 atom stereocenters. The summed E-state index contributed by atoms with van der Waals surface area (Å²) >= 11 is 0. The van der Waals surface area contributed by atoms with E-state index in [1.54, 1.807) is 4.90 Å². The average molecular weight is 277 g/mol. The summed E-state index contributed by atoms with van der Waals surface area (Å²) in [4.78, 5) is 13.5. The van der Waals surface area contributed by atoms with Gasteiger partial charge in [0.05, 0.1) is 12.1 Å². The minimum atomic E-state index is -1.86. The highest BCUT2D eigenvalue weighted by Gasteiger charge is 2.40. The molecule has 1 aromatic carbocycles. The number of amides is 1. The predicted octanol–water partition coefficient (Wildman–Crippen LogP) is 3.59. The molecule has 2 rings (SSSR count). The van der Waals surface area contributed by atoms with Gasteiger partial charge in [0, 0.05) is 12.6 Å². The number of hydrogen-bond acceptors (Lipinski definition) is 2. The van der Waals surface area contributed by atoms with Crippen LogP contribution in [0.3, 0.4) is 0 Å². The van der Waals surface area contributed by atoms with E-state index in [2.05, 4.69) is 33.9 Å². The van der Waals surface area contributed by atoms with E-state index in [9.17, 15) is 4.79 Å². The summed E-state index contributed by atoms with van der Waals surface area (Å²) in [5.74, 6) is 1.03. The van der Waals surface area contributed by atoms with Gasteiger partial charge >= 0.3 is 0 Å². The van der Waals surface area contributed by atoms with Crippen LogP contribution in [0.1, 0.15) is 26.3 Å². The van der Waals surface area contributed by atoms with E-state index in [-0.39, 0.29) is 10.9 Å². The van der Waals surface area contributed by atoms with Crippen LogP contribution in [0.25, 0.3) is 0 Å². The first-order valence-corrected chi connectivity index (χ1v) is 9.62. The van der Waals surface area contributed by atoms with Crippen molar-refractivity contribution in [1.82, 2.24) is 0 Å². The van der Waals surface area contributed by atoms with Crippen molar-refractivity contribution in [3.63, 3.8) is 0 Å². The van der Waals surface area contributed by atoms with Crippen molar-refractivity contribution < 1.29 is 9.22 Å². The molecular weight excluding hydrogens is 254 g/mol. The largest absolute Gasteiger partial charge is 0.543 e. The third-order valence-electron chi connectivity index (χ3n) is 4.34. The lowest BCUT2D eigenvalue weighted by atomic mass is 10.1. The number of carbonyl (C=O) groups excluding carboxylic acids is 1. The van der Waals surface area contributed by atoms with Gasteiger partial charge in [0.25, 0.3) is 0 Å². The Labute approximate surface area is 116 Å². The number of anilines is 1. The van der Waals surface area contributed by atoms with Crippen molar-refractivity contribution in [2.45, 2.75) is 45.3 Å². The molecule has 0 spiro atoms. The Morgan fingerprint density at radius 1 is 1.26 bits per heavy atom. The van der Waals surface area contributed by atoms with E-state index in [1.807, 2.05) is 25.2 Å². The van der Waals surface area contributed by atoms with E-state index in [0.717, 1.165) is 17.0 Å². The van der Waals surface area contributed by atoms with Crippen molar-refractivity contribution in [1.29, 1.82) is 0 Å². The first-order chi connectivity index (χ1) is 8.63. The second-order valence-corrected chi connectivity index (χ2v) is 11.5. The quantitative estimate of drug-likeness (QED) is 0.773. The van der Waals surface area contributed by atoms with Crippen LogP contribution in [0.2, 0.25) is 18.1 Å². The summed E-state index contributed by atoms with van der Waals surface area (Å²) in [5, 5.41) is 0.157. The van der Waals surface area contributed by atoms with Crippen LogP contribution < -0.4 is 9.33 Å². The molecule has 0 aromatic heterocycles. The number of nitrogens with zero attached hydrogens (tertiary/aromatic N) is 1. The van der Waals surface area contributed by atoms with Crippen molar-refractivity contribution in [2.24, 2.45) is 0 Å². The fraction of sp³-hybridized carbons (Fsp3) is 0.533. The molecule has 0 saturated heterocycles. The maximum absolute atomic E-state index is 11.8. The van der Waals surface area contributed by atoms with Crippen LogP contribution in [0.15, 0.2) is 18.2 Å². The summed E-state index contributed by atoms with van der Waals surface area (Å²) < 4.78 is 6.37.